The highest BCUT2D eigenvalue weighted by Crippen LogP contribution is 2.38. The largest absolute Gasteiger partial charge is 0.507 e. The number of nitrogens with one attached hydrogen (secondary N) is 1. The number of hydrogen-bond acceptors (Lipinski definition) is 3. The molecule has 7 rings (SSSR count). The molecule has 0 saturated heterocycles. The lowest BCUT2D eigenvalue weighted by Gasteiger charge is -2.10. The van der Waals surface area contributed by atoms with Gasteiger partial charge in [-0.1, -0.05) is 60.7 Å². The summed E-state index contributed by atoms with van der Waals surface area (Å²) in [6.45, 7) is 0. The molecule has 0 saturated carbocycles. The number of phenols is 1. The lowest BCUT2D eigenvalue weighted by atomic mass is 10.1. The summed E-state index contributed by atoms with van der Waals surface area (Å²) in [6.07, 6.45) is 3.38. The van der Waals surface area contributed by atoms with Crippen molar-refractivity contribution >= 4 is 32.8 Å². The zero-order chi connectivity index (χ0) is 23.4. The van der Waals surface area contributed by atoms with Crippen molar-refractivity contribution < 1.29 is 5.11 Å². The van der Waals surface area contributed by atoms with E-state index in [4.69, 9.17) is 0 Å². The minimum Gasteiger partial charge on any atom is -0.507 e. The van der Waals surface area contributed by atoms with Gasteiger partial charge >= 0.3 is 0 Å². The first kappa shape index (κ1) is 19.6. The van der Waals surface area contributed by atoms with Gasteiger partial charge in [-0.2, -0.15) is 0 Å². The highest BCUT2D eigenvalue weighted by molar-refractivity contribution is 6.09. The number of aromatic nitrogens is 4. The third-order valence-electron chi connectivity index (χ3n) is 6.57. The summed E-state index contributed by atoms with van der Waals surface area (Å²) in [5, 5.41) is 13.0. The van der Waals surface area contributed by atoms with Gasteiger partial charge in [0, 0.05) is 40.0 Å². The lowest BCUT2D eigenvalue weighted by molar-refractivity contribution is 0.477. The topological polar surface area (TPSA) is 66.7 Å². The molecule has 166 valence electrons. The minimum atomic E-state index is 0.201. The second-order valence-corrected chi connectivity index (χ2v) is 8.57. The molecule has 35 heavy (non-hydrogen) atoms. The van der Waals surface area contributed by atoms with E-state index in [1.165, 1.54) is 10.8 Å². The number of phenolic OH excluding ortho intramolecular Hbond substituents is 1. The van der Waals surface area contributed by atoms with Crippen LogP contribution in [-0.4, -0.2) is 24.6 Å². The van der Waals surface area contributed by atoms with Crippen LogP contribution < -0.4 is 0 Å². The van der Waals surface area contributed by atoms with E-state index in [0.29, 0.717) is 5.56 Å². The Morgan fingerprint density at radius 3 is 1.97 bits per heavy atom. The van der Waals surface area contributed by atoms with Crippen molar-refractivity contribution in [1.29, 1.82) is 0 Å². The second kappa shape index (κ2) is 7.57. The van der Waals surface area contributed by atoms with E-state index in [-0.39, 0.29) is 5.75 Å². The van der Waals surface area contributed by atoms with E-state index in [2.05, 4.69) is 92.3 Å². The van der Waals surface area contributed by atoms with Gasteiger partial charge in [-0.05, 0) is 36.4 Å². The lowest BCUT2D eigenvalue weighted by Crippen LogP contribution is -1.94. The van der Waals surface area contributed by atoms with Gasteiger partial charge in [0.15, 0.2) is 0 Å². The van der Waals surface area contributed by atoms with E-state index in [1.807, 2.05) is 18.2 Å². The number of aromatic amines is 1. The summed E-state index contributed by atoms with van der Waals surface area (Å²) in [4.78, 5) is 12.7. The van der Waals surface area contributed by atoms with Gasteiger partial charge in [0.2, 0.25) is 0 Å². The number of hydrogen-bond donors (Lipinski definition) is 2. The summed E-state index contributed by atoms with van der Waals surface area (Å²) in [5.74, 6) is 0.201. The van der Waals surface area contributed by atoms with Crippen molar-refractivity contribution in [3.63, 3.8) is 0 Å². The quantitative estimate of drug-likeness (QED) is 0.301. The monoisotopic (exact) mass is 452 g/mol. The Kier molecular flexibility index (Phi) is 4.23. The molecule has 3 aromatic heterocycles. The summed E-state index contributed by atoms with van der Waals surface area (Å²) in [5.41, 5.74) is 8.21. The van der Waals surface area contributed by atoms with Crippen molar-refractivity contribution in [1.82, 2.24) is 19.5 Å². The number of aromatic hydroxyl groups is 1. The molecule has 4 aromatic carbocycles. The van der Waals surface area contributed by atoms with Crippen LogP contribution in [0.25, 0.3) is 61.0 Å². The van der Waals surface area contributed by atoms with Gasteiger partial charge in [0.05, 0.1) is 22.4 Å². The van der Waals surface area contributed by atoms with Gasteiger partial charge in [0.25, 0.3) is 0 Å². The molecule has 0 atom stereocenters. The Labute approximate surface area is 201 Å². The zero-order valence-electron chi connectivity index (χ0n) is 18.7. The fourth-order valence-electron chi connectivity index (χ4n) is 5.04. The van der Waals surface area contributed by atoms with Crippen molar-refractivity contribution in [3.05, 3.63) is 109 Å². The number of nitrogens with zero attached hydrogens (tertiary/aromatic N) is 3. The fraction of sp³-hybridized carbons (Fsp3) is 0. The molecular weight excluding hydrogens is 432 g/mol. The van der Waals surface area contributed by atoms with Crippen LogP contribution in [0.1, 0.15) is 0 Å². The number of benzene rings is 4. The van der Waals surface area contributed by atoms with Crippen LogP contribution in [-0.2, 0) is 0 Å². The van der Waals surface area contributed by atoms with Gasteiger partial charge in [-0.25, -0.2) is 0 Å². The molecule has 2 N–H and O–H groups in total. The standard InChI is InChI=1S/C30H20N4O/c35-26-15-6-3-12-23(26)28-30-29(31-16-17-32-30)27(33-28)19-8-7-9-20(18-19)34-24-13-4-1-10-21(24)22-11-2-5-14-25(22)34/h1-18,33,35H. The SMILES string of the molecule is Oc1ccccc1-c1[nH]c(-c2cccc(-n3c4ccccc4c4ccccc43)c2)c2nccnc12. The van der Waals surface area contributed by atoms with Crippen LogP contribution in [0.2, 0.25) is 0 Å². The average Bonchev–Trinajstić information content (AvgIpc) is 3.46. The molecule has 0 aliphatic carbocycles. The number of para-hydroxylation sites is 3. The summed E-state index contributed by atoms with van der Waals surface area (Å²) < 4.78 is 2.30. The fourth-order valence-corrected chi connectivity index (χ4v) is 5.04. The molecule has 0 aliphatic heterocycles. The zero-order valence-corrected chi connectivity index (χ0v) is 18.7. The summed E-state index contributed by atoms with van der Waals surface area (Å²) in [6, 6.07) is 32.7. The predicted molar refractivity (Wildman–Crippen MR) is 141 cm³/mol. The van der Waals surface area contributed by atoms with Crippen LogP contribution in [0.5, 0.6) is 5.75 Å². The second-order valence-electron chi connectivity index (χ2n) is 8.57. The van der Waals surface area contributed by atoms with Crippen molar-refractivity contribution in [3.8, 4) is 34.0 Å². The van der Waals surface area contributed by atoms with Gasteiger partial charge < -0.3 is 14.7 Å². The minimum absolute atomic E-state index is 0.201. The Balaban J connectivity index is 1.48. The van der Waals surface area contributed by atoms with E-state index in [0.717, 1.165) is 44.7 Å². The molecule has 5 heteroatoms. The molecule has 0 aliphatic rings. The maximum Gasteiger partial charge on any atom is 0.124 e. The Hall–Kier alpha value is -4.90. The Bertz CT molecular complexity index is 1830. The van der Waals surface area contributed by atoms with Crippen LogP contribution in [0.15, 0.2) is 109 Å². The summed E-state index contributed by atoms with van der Waals surface area (Å²) in [7, 11) is 0. The molecule has 0 amide bonds. The van der Waals surface area contributed by atoms with Gasteiger partial charge in [-0.3, -0.25) is 9.97 Å². The Morgan fingerprint density at radius 1 is 0.629 bits per heavy atom. The molecule has 0 radical (unpaired) electrons. The van der Waals surface area contributed by atoms with Crippen LogP contribution >= 0.6 is 0 Å². The summed E-state index contributed by atoms with van der Waals surface area (Å²) >= 11 is 0. The molecule has 0 bridgehead atoms. The first-order valence-corrected chi connectivity index (χ1v) is 11.5. The first-order chi connectivity index (χ1) is 17.3. The smallest absolute Gasteiger partial charge is 0.124 e. The molecule has 3 heterocycles. The van der Waals surface area contributed by atoms with E-state index in [1.54, 1.807) is 18.5 Å². The maximum atomic E-state index is 10.5. The van der Waals surface area contributed by atoms with Crippen LogP contribution in [0.3, 0.4) is 0 Å². The van der Waals surface area contributed by atoms with Gasteiger partial charge in [-0.15, -0.1) is 0 Å². The highest BCUT2D eigenvalue weighted by atomic mass is 16.3. The number of rotatable bonds is 3. The third kappa shape index (κ3) is 2.95. The molecule has 5 nitrogen and oxygen atoms in total. The molecular formula is C30H20N4O. The van der Waals surface area contributed by atoms with Crippen LogP contribution in [0, 0.1) is 0 Å². The molecule has 0 unspecified atom stereocenters. The molecule has 0 fully saturated rings. The predicted octanol–water partition coefficient (Wildman–Crippen LogP) is 7.09. The number of fused-ring (bicyclic) bond motifs is 4. The molecule has 0 spiro atoms. The average molecular weight is 453 g/mol. The van der Waals surface area contributed by atoms with Crippen molar-refractivity contribution in [2.45, 2.75) is 0 Å². The number of H-pyrrole nitrogens is 1. The Morgan fingerprint density at radius 2 is 1.26 bits per heavy atom. The van der Waals surface area contributed by atoms with Gasteiger partial charge in [0.1, 0.15) is 16.8 Å². The normalized spacial score (nSPS) is 11.5. The van der Waals surface area contributed by atoms with E-state index in [9.17, 15) is 5.11 Å². The van der Waals surface area contributed by atoms with Crippen LogP contribution in [0.4, 0.5) is 0 Å². The maximum absolute atomic E-state index is 10.5. The third-order valence-corrected chi connectivity index (χ3v) is 6.57. The highest BCUT2D eigenvalue weighted by Gasteiger charge is 2.18. The van der Waals surface area contributed by atoms with E-state index >= 15 is 0 Å². The van der Waals surface area contributed by atoms with Crippen molar-refractivity contribution in [2.24, 2.45) is 0 Å². The van der Waals surface area contributed by atoms with E-state index < -0.39 is 0 Å². The molecule has 7 aromatic rings. The van der Waals surface area contributed by atoms with Crippen molar-refractivity contribution in [2.75, 3.05) is 0 Å². The first-order valence-electron chi connectivity index (χ1n) is 11.5.